The summed E-state index contributed by atoms with van der Waals surface area (Å²) < 4.78 is 5.48. The summed E-state index contributed by atoms with van der Waals surface area (Å²) in [7, 11) is 3.90. The van der Waals surface area contributed by atoms with Crippen molar-refractivity contribution in [3.8, 4) is 17.0 Å². The van der Waals surface area contributed by atoms with Crippen LogP contribution in [-0.2, 0) is 6.54 Å². The van der Waals surface area contributed by atoms with Crippen molar-refractivity contribution in [3.05, 3.63) is 48.0 Å². The minimum Gasteiger partial charge on any atom is -0.507 e. The molecule has 0 unspecified atom stereocenters. The Morgan fingerprint density at radius 3 is 2.55 bits per heavy atom. The Labute approximate surface area is 117 Å². The van der Waals surface area contributed by atoms with E-state index in [0.29, 0.717) is 12.1 Å². The van der Waals surface area contributed by atoms with Crippen LogP contribution >= 0.6 is 0 Å². The van der Waals surface area contributed by atoms with E-state index in [1.165, 1.54) is 0 Å². The van der Waals surface area contributed by atoms with Gasteiger partial charge >= 0.3 is 0 Å². The van der Waals surface area contributed by atoms with Gasteiger partial charge in [-0.1, -0.05) is 35.5 Å². The lowest BCUT2D eigenvalue weighted by atomic mass is 10.0. The predicted octanol–water partition coefficient (Wildman–Crippen LogP) is 3.26. The third kappa shape index (κ3) is 2.14. The molecule has 1 N–H and O–H groups in total. The molecule has 4 heteroatoms. The summed E-state index contributed by atoms with van der Waals surface area (Å²) in [6.45, 7) is 0.604. The van der Waals surface area contributed by atoms with Crippen molar-refractivity contribution in [1.82, 2.24) is 10.1 Å². The van der Waals surface area contributed by atoms with Crippen molar-refractivity contribution >= 4 is 11.0 Å². The Balaban J connectivity index is 2.19. The number of aromatic nitrogens is 1. The van der Waals surface area contributed by atoms with Crippen LogP contribution in [0, 0.1) is 0 Å². The number of hydrogen-bond acceptors (Lipinski definition) is 4. The molecule has 0 fully saturated rings. The van der Waals surface area contributed by atoms with Gasteiger partial charge in [0.1, 0.15) is 11.4 Å². The summed E-state index contributed by atoms with van der Waals surface area (Å²) in [6.07, 6.45) is 0. The standard InChI is InChI=1S/C16H16N2O2/c1-18(2)10-13-14(19)9-8-12-15(17-20-16(12)13)11-6-4-3-5-7-11/h3-9,19H,10H2,1-2H3. The summed E-state index contributed by atoms with van der Waals surface area (Å²) in [6, 6.07) is 13.4. The van der Waals surface area contributed by atoms with Crippen molar-refractivity contribution in [2.24, 2.45) is 0 Å². The van der Waals surface area contributed by atoms with Gasteiger partial charge in [-0.2, -0.15) is 0 Å². The SMILES string of the molecule is CN(C)Cc1c(O)ccc2c(-c3ccccc3)noc12. The van der Waals surface area contributed by atoms with Crippen molar-refractivity contribution in [3.63, 3.8) is 0 Å². The van der Waals surface area contributed by atoms with E-state index in [1.54, 1.807) is 6.07 Å². The maximum Gasteiger partial charge on any atom is 0.175 e. The fourth-order valence-electron chi connectivity index (χ4n) is 2.32. The number of phenolic OH excluding ortho intramolecular Hbond substituents is 1. The summed E-state index contributed by atoms with van der Waals surface area (Å²) in [5.74, 6) is 0.238. The quantitative estimate of drug-likeness (QED) is 0.792. The maximum absolute atomic E-state index is 10.0. The van der Waals surface area contributed by atoms with Gasteiger partial charge in [-0.15, -0.1) is 0 Å². The molecular formula is C16H16N2O2. The monoisotopic (exact) mass is 268 g/mol. The molecule has 0 atom stereocenters. The zero-order valence-electron chi connectivity index (χ0n) is 11.5. The zero-order chi connectivity index (χ0) is 14.1. The molecule has 0 aliphatic carbocycles. The fraction of sp³-hybridized carbons (Fsp3) is 0.188. The van der Waals surface area contributed by atoms with Gasteiger partial charge < -0.3 is 14.5 Å². The van der Waals surface area contributed by atoms with Crippen LogP contribution in [0.25, 0.3) is 22.2 Å². The van der Waals surface area contributed by atoms with Gasteiger partial charge in [-0.3, -0.25) is 0 Å². The van der Waals surface area contributed by atoms with Gasteiger partial charge in [0.25, 0.3) is 0 Å². The van der Waals surface area contributed by atoms with E-state index in [4.69, 9.17) is 4.52 Å². The van der Waals surface area contributed by atoms with E-state index >= 15 is 0 Å². The molecule has 0 radical (unpaired) electrons. The first kappa shape index (κ1) is 12.7. The molecule has 3 aromatic rings. The maximum atomic E-state index is 10.0. The molecule has 1 aromatic heterocycles. The Kier molecular flexibility index (Phi) is 3.16. The van der Waals surface area contributed by atoms with Gasteiger partial charge in [-0.25, -0.2) is 0 Å². The second-order valence-electron chi connectivity index (χ2n) is 5.07. The molecule has 0 aliphatic heterocycles. The molecule has 3 rings (SSSR count). The number of rotatable bonds is 3. The summed E-state index contributed by atoms with van der Waals surface area (Å²) in [5.41, 5.74) is 3.23. The number of fused-ring (bicyclic) bond motifs is 1. The third-order valence-electron chi connectivity index (χ3n) is 3.24. The molecular weight excluding hydrogens is 252 g/mol. The minimum atomic E-state index is 0.238. The minimum absolute atomic E-state index is 0.238. The highest BCUT2D eigenvalue weighted by molar-refractivity contribution is 5.94. The molecule has 102 valence electrons. The Morgan fingerprint density at radius 2 is 1.85 bits per heavy atom. The van der Waals surface area contributed by atoms with Gasteiger partial charge in [0, 0.05) is 12.1 Å². The number of aromatic hydroxyl groups is 1. The Hall–Kier alpha value is -2.33. The molecule has 0 saturated carbocycles. The lowest BCUT2D eigenvalue weighted by Crippen LogP contribution is -2.10. The number of phenols is 1. The highest BCUT2D eigenvalue weighted by Crippen LogP contribution is 2.34. The van der Waals surface area contributed by atoms with Crippen molar-refractivity contribution in [1.29, 1.82) is 0 Å². The number of nitrogens with zero attached hydrogens (tertiary/aromatic N) is 2. The highest BCUT2D eigenvalue weighted by Gasteiger charge is 2.16. The average molecular weight is 268 g/mol. The van der Waals surface area contributed by atoms with Crippen molar-refractivity contribution < 1.29 is 9.63 Å². The van der Waals surface area contributed by atoms with Gasteiger partial charge in [0.2, 0.25) is 0 Å². The zero-order valence-corrected chi connectivity index (χ0v) is 11.5. The predicted molar refractivity (Wildman–Crippen MR) is 78.5 cm³/mol. The Morgan fingerprint density at radius 1 is 1.10 bits per heavy atom. The smallest absolute Gasteiger partial charge is 0.175 e. The molecule has 0 bridgehead atoms. The van der Waals surface area contributed by atoms with E-state index in [2.05, 4.69) is 5.16 Å². The van der Waals surface area contributed by atoms with E-state index in [9.17, 15) is 5.11 Å². The number of benzene rings is 2. The molecule has 20 heavy (non-hydrogen) atoms. The largest absolute Gasteiger partial charge is 0.507 e. The van der Waals surface area contributed by atoms with E-state index in [0.717, 1.165) is 22.2 Å². The van der Waals surface area contributed by atoms with Crippen LogP contribution < -0.4 is 0 Å². The van der Waals surface area contributed by atoms with Crippen LogP contribution in [0.4, 0.5) is 0 Å². The van der Waals surface area contributed by atoms with E-state index in [-0.39, 0.29) is 5.75 Å². The van der Waals surface area contributed by atoms with Crippen molar-refractivity contribution in [2.75, 3.05) is 14.1 Å². The molecule has 0 aliphatic rings. The van der Waals surface area contributed by atoms with Gasteiger partial charge in [0.05, 0.1) is 10.9 Å². The first-order valence-corrected chi connectivity index (χ1v) is 6.47. The summed E-state index contributed by atoms with van der Waals surface area (Å²) >= 11 is 0. The molecule has 2 aromatic carbocycles. The summed E-state index contributed by atoms with van der Waals surface area (Å²) in [4.78, 5) is 1.99. The van der Waals surface area contributed by atoms with Crippen LogP contribution in [0.15, 0.2) is 47.0 Å². The molecule has 0 saturated heterocycles. The summed E-state index contributed by atoms with van der Waals surface area (Å²) in [5, 5.41) is 15.1. The van der Waals surface area contributed by atoms with Crippen LogP contribution in [0.2, 0.25) is 0 Å². The van der Waals surface area contributed by atoms with Crippen LogP contribution in [0.1, 0.15) is 5.56 Å². The molecule has 4 nitrogen and oxygen atoms in total. The molecule has 0 amide bonds. The van der Waals surface area contributed by atoms with Crippen LogP contribution in [0.5, 0.6) is 5.75 Å². The van der Waals surface area contributed by atoms with Crippen LogP contribution in [0.3, 0.4) is 0 Å². The topological polar surface area (TPSA) is 49.5 Å². The van der Waals surface area contributed by atoms with Crippen LogP contribution in [-0.4, -0.2) is 29.3 Å². The van der Waals surface area contributed by atoms with E-state index < -0.39 is 0 Å². The fourth-order valence-corrected chi connectivity index (χ4v) is 2.32. The van der Waals surface area contributed by atoms with Crippen molar-refractivity contribution in [2.45, 2.75) is 6.54 Å². The molecule has 0 spiro atoms. The van der Waals surface area contributed by atoms with Gasteiger partial charge in [0.15, 0.2) is 5.58 Å². The lowest BCUT2D eigenvalue weighted by Gasteiger charge is -2.10. The Bertz CT molecular complexity index is 733. The second-order valence-corrected chi connectivity index (χ2v) is 5.07. The highest BCUT2D eigenvalue weighted by atomic mass is 16.5. The van der Waals surface area contributed by atoms with E-state index in [1.807, 2.05) is 55.4 Å². The number of hydrogen-bond donors (Lipinski definition) is 1. The third-order valence-corrected chi connectivity index (χ3v) is 3.24. The molecule has 1 heterocycles. The average Bonchev–Trinajstić information content (AvgIpc) is 2.87. The normalized spacial score (nSPS) is 11.3. The first-order valence-electron chi connectivity index (χ1n) is 6.47. The second kappa shape index (κ2) is 4.98. The first-order chi connectivity index (χ1) is 9.66. The lowest BCUT2D eigenvalue weighted by molar-refractivity contribution is 0.379. The van der Waals surface area contributed by atoms with Gasteiger partial charge in [-0.05, 0) is 26.2 Å².